The predicted octanol–water partition coefficient (Wildman–Crippen LogP) is 4.61. The summed E-state index contributed by atoms with van der Waals surface area (Å²) in [6.45, 7) is 14.1. The molecule has 312 valence electrons. The van der Waals surface area contributed by atoms with Crippen molar-refractivity contribution in [3.8, 4) is 0 Å². The van der Waals surface area contributed by atoms with E-state index in [1.165, 1.54) is 96.8 Å². The molecular formula is C34H77N3O13S. The first-order valence-corrected chi connectivity index (χ1v) is 19.3. The van der Waals surface area contributed by atoms with Crippen molar-refractivity contribution < 1.29 is 62.8 Å². The Balaban J connectivity index is -0.000000103. The number of carbonyl (C=O) groups is 4. The summed E-state index contributed by atoms with van der Waals surface area (Å²) in [6.07, 6.45) is 20.5. The van der Waals surface area contributed by atoms with Crippen LogP contribution >= 0.6 is 0 Å². The van der Waals surface area contributed by atoms with Crippen molar-refractivity contribution in [1.82, 2.24) is 10.6 Å². The van der Waals surface area contributed by atoms with Gasteiger partial charge in [0.2, 0.25) is 0 Å². The lowest BCUT2D eigenvalue weighted by atomic mass is 10.0. The number of aliphatic carboxylic acids is 4. The lowest BCUT2D eigenvalue weighted by Crippen LogP contribution is -2.23. The Labute approximate surface area is 308 Å². The summed E-state index contributed by atoms with van der Waals surface area (Å²) in [5.74, 6) is -3.33. The van der Waals surface area contributed by atoms with E-state index in [1.807, 2.05) is 0 Å². The Morgan fingerprint density at radius 3 is 1.00 bits per heavy atom. The molecule has 0 amide bonds. The fourth-order valence-corrected chi connectivity index (χ4v) is 3.59. The lowest BCUT2D eigenvalue weighted by Gasteiger charge is -2.04. The number of rotatable bonds is 23. The summed E-state index contributed by atoms with van der Waals surface area (Å²) in [7, 11) is -3.75. The van der Waals surface area contributed by atoms with Crippen molar-refractivity contribution in [1.29, 1.82) is 0 Å². The van der Waals surface area contributed by atoms with Crippen LogP contribution in [0.3, 0.4) is 0 Å². The van der Waals surface area contributed by atoms with Gasteiger partial charge in [0, 0.05) is 53.9 Å². The largest absolute Gasteiger partial charge is 0.481 e. The number of hydrogen-bond donors (Lipinski definition) is 10. The smallest absolute Gasteiger partial charge is 0.300 e. The molecule has 1 atom stereocenters. The molecule has 0 fully saturated rings. The van der Waals surface area contributed by atoms with Gasteiger partial charge >= 0.3 is 0 Å². The van der Waals surface area contributed by atoms with E-state index in [0.29, 0.717) is 19.5 Å². The first kappa shape index (κ1) is 63.6. The molecule has 0 heterocycles. The molecule has 51 heavy (non-hydrogen) atoms. The lowest BCUT2D eigenvalue weighted by molar-refractivity contribution is -0.135. The third-order valence-electron chi connectivity index (χ3n) is 5.69. The van der Waals surface area contributed by atoms with Crippen molar-refractivity contribution in [3.05, 3.63) is 0 Å². The first-order valence-electron chi connectivity index (χ1n) is 17.8. The number of nitrogens with two attached hydrogens (primary N) is 1. The highest BCUT2D eigenvalue weighted by Crippen LogP contribution is 2.12. The molecule has 0 radical (unpaired) electrons. The van der Waals surface area contributed by atoms with Crippen LogP contribution in [-0.4, -0.2) is 119 Å². The minimum atomic E-state index is -3.75. The van der Waals surface area contributed by atoms with Gasteiger partial charge in [-0.05, 0) is 26.3 Å². The molecule has 0 aliphatic heterocycles. The van der Waals surface area contributed by atoms with E-state index in [2.05, 4.69) is 17.6 Å². The van der Waals surface area contributed by atoms with Gasteiger partial charge in [-0.3, -0.25) is 23.7 Å². The average Bonchev–Trinajstić information content (AvgIpc) is 3.00. The van der Waals surface area contributed by atoms with Crippen LogP contribution in [-0.2, 0) is 29.3 Å². The van der Waals surface area contributed by atoms with Crippen molar-refractivity contribution in [2.24, 2.45) is 5.73 Å². The molecule has 0 aromatic rings. The fraction of sp³-hybridized carbons (Fsp3) is 0.882. The summed E-state index contributed by atoms with van der Waals surface area (Å²) >= 11 is 0. The molecule has 0 spiro atoms. The van der Waals surface area contributed by atoms with Gasteiger partial charge in [-0.1, -0.05) is 97.3 Å². The highest BCUT2D eigenvalue weighted by molar-refractivity contribution is 7.86. The molecule has 0 aromatic heterocycles. The normalized spacial score (nSPS) is 10.1. The van der Waals surface area contributed by atoms with E-state index in [1.54, 1.807) is 6.92 Å². The van der Waals surface area contributed by atoms with E-state index < -0.39 is 39.2 Å². The monoisotopic (exact) mass is 768 g/mol. The van der Waals surface area contributed by atoms with Crippen LogP contribution in [0.2, 0.25) is 0 Å². The molecule has 17 heteroatoms. The molecule has 0 saturated heterocycles. The van der Waals surface area contributed by atoms with Gasteiger partial charge in [-0.2, -0.15) is 8.42 Å². The van der Waals surface area contributed by atoms with Crippen LogP contribution < -0.4 is 16.4 Å². The minimum Gasteiger partial charge on any atom is -0.481 e. The summed E-state index contributed by atoms with van der Waals surface area (Å²) in [5, 5.41) is 51.5. The Morgan fingerprint density at radius 1 is 0.549 bits per heavy atom. The Bertz CT molecular complexity index is 733. The van der Waals surface area contributed by atoms with Gasteiger partial charge in [0.1, 0.15) is 0 Å². The second-order valence-electron chi connectivity index (χ2n) is 11.1. The quantitative estimate of drug-likeness (QED) is 0.0501. The van der Waals surface area contributed by atoms with Crippen molar-refractivity contribution in [2.75, 3.05) is 45.9 Å². The zero-order valence-corrected chi connectivity index (χ0v) is 33.5. The van der Waals surface area contributed by atoms with Crippen LogP contribution in [0.15, 0.2) is 0 Å². The molecule has 0 rings (SSSR count). The molecule has 0 aliphatic carbocycles. The zero-order chi connectivity index (χ0) is 41.4. The molecule has 0 aromatic carbocycles. The summed E-state index contributed by atoms with van der Waals surface area (Å²) in [5.41, 5.74) is 5.43. The summed E-state index contributed by atoms with van der Waals surface area (Å²) < 4.78 is 28.5. The molecule has 0 saturated carbocycles. The van der Waals surface area contributed by atoms with Gasteiger partial charge in [0.15, 0.2) is 0 Å². The summed E-state index contributed by atoms with van der Waals surface area (Å²) in [6, 6.07) is 0. The Morgan fingerprint density at radius 2 is 0.804 bits per heavy atom. The number of carboxylic acid groups (broad SMARTS) is 4. The van der Waals surface area contributed by atoms with Crippen molar-refractivity contribution in [3.63, 3.8) is 0 Å². The summed E-state index contributed by atoms with van der Waals surface area (Å²) in [4.78, 5) is 36.0. The Hall–Kier alpha value is -2.41. The topological polar surface area (TPSA) is 294 Å². The molecule has 16 nitrogen and oxygen atoms in total. The molecular weight excluding hydrogens is 690 g/mol. The standard InChI is InChI=1S/C18H40N2.C4H11NO2.C4H10O3S.4C2H4O2/c1-2-3-4-5-6-7-8-9-10-11-12-13-14-15-17-20-18-16-19;6-3-1-5-2-4-7;1-3-4(2)8(5,6)7;4*1-2(3)4/h20H,2-19H2,1H3;5-7H,1-4H2;4H,3H2,1-2H3,(H,5,6,7);4*1H3,(H,3,4). The highest BCUT2D eigenvalue weighted by atomic mass is 32.2. The van der Waals surface area contributed by atoms with Crippen LogP contribution in [0, 0.1) is 0 Å². The van der Waals surface area contributed by atoms with Crippen molar-refractivity contribution in [2.45, 2.75) is 150 Å². The van der Waals surface area contributed by atoms with E-state index in [9.17, 15) is 8.42 Å². The first-order chi connectivity index (χ1) is 23.7. The highest BCUT2D eigenvalue weighted by Gasteiger charge is 2.13. The van der Waals surface area contributed by atoms with Crippen molar-refractivity contribution >= 4 is 34.0 Å². The maximum Gasteiger partial charge on any atom is 0.300 e. The van der Waals surface area contributed by atoms with Crippen LogP contribution in [0.4, 0.5) is 0 Å². The maximum atomic E-state index is 10.1. The Kier molecular flexibility index (Phi) is 71.0. The predicted molar refractivity (Wildman–Crippen MR) is 204 cm³/mol. The number of unbranched alkanes of at least 4 members (excludes halogenated alkanes) is 13. The van der Waals surface area contributed by atoms with E-state index in [0.717, 1.165) is 47.3 Å². The van der Waals surface area contributed by atoms with Gasteiger partial charge < -0.3 is 47.0 Å². The number of aliphatic hydroxyl groups is 2. The third kappa shape index (κ3) is 140. The molecule has 1 unspecified atom stereocenters. The second kappa shape index (κ2) is 56.9. The minimum absolute atomic E-state index is 0.139. The van der Waals surface area contributed by atoms with E-state index in [-0.39, 0.29) is 13.2 Å². The maximum absolute atomic E-state index is 10.1. The zero-order valence-electron chi connectivity index (χ0n) is 32.7. The number of nitrogens with one attached hydrogen (secondary N) is 2. The third-order valence-corrected chi connectivity index (χ3v) is 7.04. The average molecular weight is 768 g/mol. The van der Waals surface area contributed by atoms with Crippen LogP contribution in [0.5, 0.6) is 0 Å². The second-order valence-corrected chi connectivity index (χ2v) is 13.0. The number of hydrogen-bond acceptors (Lipinski definition) is 11. The SMILES string of the molecule is CC(=O)O.CC(=O)O.CC(=O)O.CC(=O)O.CCC(C)S(=O)(=O)O.CCCCCCCCCCCCCCCCNCCN.OCCNCCO. The molecule has 0 aliphatic rings. The number of carboxylic acids is 4. The number of aliphatic hydroxyl groups excluding tert-OH is 2. The fourth-order valence-electron chi connectivity index (χ4n) is 3.17. The van der Waals surface area contributed by atoms with E-state index >= 15 is 0 Å². The van der Waals surface area contributed by atoms with Crippen LogP contribution in [0.1, 0.15) is 145 Å². The van der Waals surface area contributed by atoms with Crippen LogP contribution in [0.25, 0.3) is 0 Å². The van der Waals surface area contributed by atoms with Gasteiger partial charge in [-0.15, -0.1) is 0 Å². The van der Waals surface area contributed by atoms with Gasteiger partial charge in [-0.25, -0.2) is 0 Å². The molecule has 0 bridgehead atoms. The molecule has 11 N–H and O–H groups in total. The van der Waals surface area contributed by atoms with E-state index in [4.69, 9.17) is 60.1 Å². The van der Waals surface area contributed by atoms with Gasteiger partial charge in [0.25, 0.3) is 34.0 Å². The van der Waals surface area contributed by atoms with Gasteiger partial charge in [0.05, 0.1) is 18.5 Å².